The molecule has 1 unspecified atom stereocenters. The minimum absolute atomic E-state index is 0.146. The Balaban J connectivity index is 4.86. The molecule has 0 aliphatic carbocycles. The van der Waals surface area contributed by atoms with Crippen LogP contribution in [0.1, 0.15) is 188 Å². The minimum Gasteiger partial charge on any atom is -0.251 e. The van der Waals surface area contributed by atoms with Crippen LogP contribution in [0.5, 0.6) is 0 Å². The molecule has 0 heterocycles. The normalized spacial score (nSPS) is 13.0. The van der Waals surface area contributed by atoms with Crippen molar-refractivity contribution in [1.29, 1.82) is 0 Å². The Kier molecular flexibility index (Phi) is 24.1. The molecule has 32 heavy (non-hydrogen) atoms. The molecule has 1 radical (unpaired) electrons. The SMILES string of the molecule is CCCCCCCCC(CCCCCCC)C([NH])(CCCCCCC)CCCCCCC. The van der Waals surface area contributed by atoms with E-state index in [4.69, 9.17) is 0 Å². The third kappa shape index (κ3) is 18.4. The highest BCUT2D eigenvalue weighted by Crippen LogP contribution is 2.36. The zero-order valence-corrected chi connectivity index (χ0v) is 23.3. The molecule has 0 amide bonds. The first-order valence-corrected chi connectivity index (χ1v) is 15.4. The molecule has 0 bridgehead atoms. The van der Waals surface area contributed by atoms with Crippen molar-refractivity contribution >= 4 is 0 Å². The van der Waals surface area contributed by atoms with E-state index in [-0.39, 0.29) is 5.54 Å². The predicted molar refractivity (Wildman–Crippen MR) is 147 cm³/mol. The first-order valence-electron chi connectivity index (χ1n) is 15.4. The van der Waals surface area contributed by atoms with E-state index in [9.17, 15) is 5.73 Å². The quantitative estimate of drug-likeness (QED) is 0.117. The number of hydrogen-bond donors (Lipinski definition) is 0. The van der Waals surface area contributed by atoms with Crippen molar-refractivity contribution in [2.24, 2.45) is 5.92 Å². The smallest absolute Gasteiger partial charge is 0.0352 e. The molecule has 0 saturated carbocycles. The van der Waals surface area contributed by atoms with E-state index in [0.29, 0.717) is 5.92 Å². The number of rotatable bonds is 26. The van der Waals surface area contributed by atoms with Crippen LogP contribution < -0.4 is 5.73 Å². The lowest BCUT2D eigenvalue weighted by molar-refractivity contribution is 0.181. The molecule has 0 spiro atoms. The van der Waals surface area contributed by atoms with Crippen LogP contribution in [0.15, 0.2) is 0 Å². The van der Waals surface area contributed by atoms with Crippen molar-refractivity contribution in [3.05, 3.63) is 0 Å². The number of nitrogens with one attached hydrogen (secondary N) is 1. The van der Waals surface area contributed by atoms with Gasteiger partial charge in [0.05, 0.1) is 0 Å². The number of hydrogen-bond acceptors (Lipinski definition) is 0. The van der Waals surface area contributed by atoms with Crippen LogP contribution in [0.2, 0.25) is 0 Å². The standard InChI is InChI=1S/C31H64N/c1-5-9-13-17-19-23-27-30(26-22-18-14-10-6-2)31(32,28-24-20-15-11-7-3)29-25-21-16-12-8-4/h30,32H,5-29H2,1-4H3. The fourth-order valence-corrected chi connectivity index (χ4v) is 5.48. The highest BCUT2D eigenvalue weighted by atomic mass is 14.8. The van der Waals surface area contributed by atoms with Gasteiger partial charge in [0.2, 0.25) is 0 Å². The molecular formula is C31H64N. The molecule has 1 N–H and O–H groups in total. The Morgan fingerprint density at radius 2 is 0.688 bits per heavy atom. The second kappa shape index (κ2) is 24.1. The maximum Gasteiger partial charge on any atom is 0.0352 e. The summed E-state index contributed by atoms with van der Waals surface area (Å²) in [5.74, 6) is 0.646. The Hall–Kier alpha value is -0.0400. The molecule has 1 nitrogen and oxygen atoms in total. The molecule has 0 aliphatic heterocycles. The van der Waals surface area contributed by atoms with Crippen LogP contribution in [0.4, 0.5) is 0 Å². The molecule has 1 atom stereocenters. The topological polar surface area (TPSA) is 23.8 Å². The van der Waals surface area contributed by atoms with Gasteiger partial charge < -0.3 is 0 Å². The average molecular weight is 451 g/mol. The molecule has 0 saturated heterocycles. The summed E-state index contributed by atoms with van der Waals surface area (Å²) in [7, 11) is 0. The van der Waals surface area contributed by atoms with E-state index in [1.54, 1.807) is 0 Å². The largest absolute Gasteiger partial charge is 0.251 e. The summed E-state index contributed by atoms with van der Waals surface area (Å²) in [4.78, 5) is 0. The second-order valence-corrected chi connectivity index (χ2v) is 10.9. The second-order valence-electron chi connectivity index (χ2n) is 10.9. The lowest BCUT2D eigenvalue weighted by Gasteiger charge is -2.38. The zero-order chi connectivity index (χ0) is 23.8. The van der Waals surface area contributed by atoms with Gasteiger partial charge in [-0.25, -0.2) is 0 Å². The van der Waals surface area contributed by atoms with Crippen molar-refractivity contribution < 1.29 is 0 Å². The van der Waals surface area contributed by atoms with Gasteiger partial charge in [-0.05, 0) is 31.6 Å². The fraction of sp³-hybridized carbons (Fsp3) is 1.00. The minimum atomic E-state index is -0.146. The first kappa shape index (κ1) is 32.0. The van der Waals surface area contributed by atoms with Crippen LogP contribution in [0.3, 0.4) is 0 Å². The third-order valence-corrected chi connectivity index (χ3v) is 7.80. The number of unbranched alkanes of at least 4 members (excludes halogenated alkanes) is 17. The van der Waals surface area contributed by atoms with Crippen LogP contribution in [0, 0.1) is 5.92 Å². The van der Waals surface area contributed by atoms with Gasteiger partial charge in [-0.3, -0.25) is 5.73 Å². The van der Waals surface area contributed by atoms with Gasteiger partial charge in [0, 0.05) is 5.54 Å². The van der Waals surface area contributed by atoms with Gasteiger partial charge >= 0.3 is 0 Å². The van der Waals surface area contributed by atoms with Crippen LogP contribution in [0.25, 0.3) is 0 Å². The van der Waals surface area contributed by atoms with E-state index in [2.05, 4.69) is 27.7 Å². The Morgan fingerprint density at radius 3 is 1.03 bits per heavy atom. The highest BCUT2D eigenvalue weighted by molar-refractivity contribution is 4.91. The summed E-state index contributed by atoms with van der Waals surface area (Å²) in [5, 5.41) is 0. The molecule has 193 valence electrons. The molecule has 0 aromatic rings. The van der Waals surface area contributed by atoms with Gasteiger partial charge in [-0.1, -0.05) is 163 Å². The first-order chi connectivity index (χ1) is 15.6. The monoisotopic (exact) mass is 451 g/mol. The van der Waals surface area contributed by atoms with Gasteiger partial charge in [0.25, 0.3) is 0 Å². The summed E-state index contributed by atoms with van der Waals surface area (Å²) in [6.07, 6.45) is 33.6. The summed E-state index contributed by atoms with van der Waals surface area (Å²) in [6, 6.07) is 0. The van der Waals surface area contributed by atoms with Gasteiger partial charge in [0.15, 0.2) is 0 Å². The van der Waals surface area contributed by atoms with Gasteiger partial charge in [-0.2, -0.15) is 0 Å². The average Bonchev–Trinajstić information content (AvgIpc) is 2.79. The predicted octanol–water partition coefficient (Wildman–Crippen LogP) is 11.5. The van der Waals surface area contributed by atoms with Gasteiger partial charge in [0.1, 0.15) is 0 Å². The lowest BCUT2D eigenvalue weighted by Crippen LogP contribution is -2.40. The Bertz CT molecular complexity index is 336. The summed E-state index contributed by atoms with van der Waals surface area (Å²) < 4.78 is 0. The van der Waals surface area contributed by atoms with Crippen LogP contribution in [-0.4, -0.2) is 5.54 Å². The van der Waals surface area contributed by atoms with Crippen molar-refractivity contribution in [2.45, 2.75) is 194 Å². The van der Waals surface area contributed by atoms with Crippen molar-refractivity contribution in [3.63, 3.8) is 0 Å². The van der Waals surface area contributed by atoms with E-state index in [0.717, 1.165) is 0 Å². The van der Waals surface area contributed by atoms with Crippen LogP contribution in [-0.2, 0) is 0 Å². The van der Waals surface area contributed by atoms with Crippen molar-refractivity contribution in [3.8, 4) is 0 Å². The van der Waals surface area contributed by atoms with E-state index < -0.39 is 0 Å². The van der Waals surface area contributed by atoms with E-state index >= 15 is 0 Å². The Labute approximate surface area is 205 Å². The van der Waals surface area contributed by atoms with Crippen molar-refractivity contribution in [2.75, 3.05) is 0 Å². The fourth-order valence-electron chi connectivity index (χ4n) is 5.48. The van der Waals surface area contributed by atoms with E-state index in [1.165, 1.54) is 161 Å². The molecule has 0 aromatic carbocycles. The molecule has 1 heteroatoms. The highest BCUT2D eigenvalue weighted by Gasteiger charge is 2.34. The summed E-state index contributed by atoms with van der Waals surface area (Å²) >= 11 is 0. The molecule has 0 fully saturated rings. The zero-order valence-electron chi connectivity index (χ0n) is 23.3. The third-order valence-electron chi connectivity index (χ3n) is 7.80. The Morgan fingerprint density at radius 1 is 0.406 bits per heavy atom. The lowest BCUT2D eigenvalue weighted by atomic mass is 9.72. The van der Waals surface area contributed by atoms with Crippen LogP contribution >= 0.6 is 0 Å². The van der Waals surface area contributed by atoms with Gasteiger partial charge in [-0.15, -0.1) is 0 Å². The van der Waals surface area contributed by atoms with Crippen molar-refractivity contribution in [1.82, 2.24) is 5.73 Å². The maximum atomic E-state index is 9.70. The summed E-state index contributed by atoms with van der Waals surface area (Å²) in [5.41, 5.74) is 9.56. The molecular weight excluding hydrogens is 386 g/mol. The molecule has 0 aliphatic rings. The molecule has 0 rings (SSSR count). The maximum absolute atomic E-state index is 9.70. The molecule has 0 aromatic heterocycles. The van der Waals surface area contributed by atoms with E-state index in [1.807, 2.05) is 0 Å². The summed E-state index contributed by atoms with van der Waals surface area (Å²) in [6.45, 7) is 9.23.